The first kappa shape index (κ1) is 9.46. The molecule has 4 heteroatoms. The van der Waals surface area contributed by atoms with E-state index in [-0.39, 0.29) is 11.0 Å². The molecule has 76 valence electrons. The van der Waals surface area contributed by atoms with Crippen molar-refractivity contribution in [3.8, 4) is 0 Å². The van der Waals surface area contributed by atoms with Crippen LogP contribution in [-0.2, 0) is 9.73 Å². The van der Waals surface area contributed by atoms with Crippen molar-refractivity contribution in [2.75, 3.05) is 24.6 Å². The Morgan fingerprint density at radius 1 is 1.31 bits per heavy atom. The normalized spacial score (nSPS) is 31.0. The molecule has 0 aromatic rings. The lowest BCUT2D eigenvalue weighted by atomic mass is 9.79. The molecule has 0 radical (unpaired) electrons. The van der Waals surface area contributed by atoms with Gasteiger partial charge in [-0.05, 0) is 20.8 Å². The lowest BCUT2D eigenvalue weighted by molar-refractivity contribution is -0.0398. The molecule has 13 heavy (non-hydrogen) atoms. The molecule has 0 aromatic heterocycles. The Morgan fingerprint density at radius 2 is 1.77 bits per heavy atom. The second-order valence-electron chi connectivity index (χ2n) is 5.63. The molecule has 1 N–H and O–H groups in total. The standard InChI is InChI=1S/C9H18N2OS/c1-8(2,3)11-4-9(5-11)6-13(10,12)7-9/h10H,4-7H2,1-3H3. The fraction of sp³-hybridized carbons (Fsp3) is 1.00. The second-order valence-corrected chi connectivity index (χ2v) is 7.83. The highest BCUT2D eigenvalue weighted by molar-refractivity contribution is 7.93. The van der Waals surface area contributed by atoms with Gasteiger partial charge in [-0.25, -0.2) is 4.21 Å². The zero-order valence-corrected chi connectivity index (χ0v) is 9.41. The van der Waals surface area contributed by atoms with Crippen molar-refractivity contribution in [2.24, 2.45) is 5.41 Å². The second kappa shape index (κ2) is 2.28. The maximum Gasteiger partial charge on any atom is 0.0455 e. The minimum Gasteiger partial charge on any atom is -0.297 e. The van der Waals surface area contributed by atoms with E-state index in [1.165, 1.54) is 0 Å². The van der Waals surface area contributed by atoms with Crippen molar-refractivity contribution in [1.82, 2.24) is 4.90 Å². The summed E-state index contributed by atoms with van der Waals surface area (Å²) in [5, 5.41) is 0. The fourth-order valence-corrected chi connectivity index (χ4v) is 4.63. The Bertz CT molecular complexity index is 306. The summed E-state index contributed by atoms with van der Waals surface area (Å²) in [6, 6.07) is 0. The van der Waals surface area contributed by atoms with Crippen LogP contribution in [0.4, 0.5) is 0 Å². The van der Waals surface area contributed by atoms with Gasteiger partial charge in [0.2, 0.25) is 0 Å². The van der Waals surface area contributed by atoms with Crippen molar-refractivity contribution >= 4 is 9.73 Å². The van der Waals surface area contributed by atoms with Gasteiger partial charge in [0.1, 0.15) is 0 Å². The average molecular weight is 202 g/mol. The van der Waals surface area contributed by atoms with Gasteiger partial charge < -0.3 is 0 Å². The summed E-state index contributed by atoms with van der Waals surface area (Å²) >= 11 is 0. The average Bonchev–Trinajstić information content (AvgIpc) is 1.72. The minimum atomic E-state index is -2.15. The largest absolute Gasteiger partial charge is 0.297 e. The van der Waals surface area contributed by atoms with Crippen LogP contribution in [0.15, 0.2) is 0 Å². The van der Waals surface area contributed by atoms with Gasteiger partial charge >= 0.3 is 0 Å². The molecule has 0 atom stereocenters. The van der Waals surface area contributed by atoms with E-state index in [9.17, 15) is 4.21 Å². The van der Waals surface area contributed by atoms with Gasteiger partial charge in [0.15, 0.2) is 0 Å². The number of nitrogens with one attached hydrogen (secondary N) is 1. The Kier molecular flexibility index (Phi) is 1.66. The van der Waals surface area contributed by atoms with Crippen LogP contribution in [0.2, 0.25) is 0 Å². The first-order valence-electron chi connectivity index (χ1n) is 4.72. The maximum atomic E-state index is 11.3. The van der Waals surface area contributed by atoms with E-state index in [1.807, 2.05) is 0 Å². The van der Waals surface area contributed by atoms with Crippen LogP contribution < -0.4 is 0 Å². The van der Waals surface area contributed by atoms with E-state index < -0.39 is 9.73 Å². The first-order chi connectivity index (χ1) is 5.73. The molecular formula is C9H18N2OS. The molecule has 3 nitrogen and oxygen atoms in total. The van der Waals surface area contributed by atoms with Gasteiger partial charge in [0.05, 0.1) is 0 Å². The van der Waals surface area contributed by atoms with E-state index in [0.29, 0.717) is 11.5 Å². The van der Waals surface area contributed by atoms with Crippen molar-refractivity contribution in [3.05, 3.63) is 0 Å². The molecule has 2 rings (SSSR count). The summed E-state index contributed by atoms with van der Waals surface area (Å²) in [7, 11) is -2.15. The SMILES string of the molecule is CC(C)(C)N1CC2(C1)CS(=N)(=O)C2. The molecule has 0 unspecified atom stereocenters. The van der Waals surface area contributed by atoms with Crippen molar-refractivity contribution in [1.29, 1.82) is 4.78 Å². The molecule has 2 aliphatic rings. The fourth-order valence-electron chi connectivity index (χ4n) is 2.37. The van der Waals surface area contributed by atoms with Gasteiger partial charge in [-0.3, -0.25) is 9.68 Å². The first-order valence-corrected chi connectivity index (χ1v) is 6.61. The molecule has 2 heterocycles. The van der Waals surface area contributed by atoms with Crippen LogP contribution in [0, 0.1) is 10.2 Å². The predicted molar refractivity (Wildman–Crippen MR) is 54.4 cm³/mol. The van der Waals surface area contributed by atoms with Gasteiger partial charge in [0.25, 0.3) is 0 Å². The predicted octanol–water partition coefficient (Wildman–Crippen LogP) is 1.15. The number of hydrogen-bond donors (Lipinski definition) is 1. The van der Waals surface area contributed by atoms with Crippen molar-refractivity contribution in [2.45, 2.75) is 26.3 Å². The van der Waals surface area contributed by atoms with Crippen LogP contribution in [0.1, 0.15) is 20.8 Å². The third-order valence-corrected chi connectivity index (χ3v) is 5.24. The maximum absolute atomic E-state index is 11.3. The summed E-state index contributed by atoms with van der Waals surface area (Å²) in [5.74, 6) is 1.29. The van der Waals surface area contributed by atoms with E-state index in [1.54, 1.807) is 0 Å². The third kappa shape index (κ3) is 1.50. The van der Waals surface area contributed by atoms with Crippen LogP contribution in [-0.4, -0.2) is 39.2 Å². The smallest absolute Gasteiger partial charge is 0.0455 e. The Balaban J connectivity index is 1.94. The van der Waals surface area contributed by atoms with Gasteiger partial charge in [-0.2, -0.15) is 0 Å². The summed E-state index contributed by atoms with van der Waals surface area (Å²) in [6.07, 6.45) is 0. The Labute approximate surface area is 80.5 Å². The lowest BCUT2D eigenvalue weighted by Crippen LogP contribution is -2.71. The van der Waals surface area contributed by atoms with Crippen LogP contribution in [0.5, 0.6) is 0 Å². The molecule has 1 spiro atoms. The lowest BCUT2D eigenvalue weighted by Gasteiger charge is -2.60. The Morgan fingerprint density at radius 3 is 2.08 bits per heavy atom. The molecule has 2 saturated heterocycles. The zero-order chi connectivity index (χ0) is 9.91. The van der Waals surface area contributed by atoms with Crippen molar-refractivity contribution < 1.29 is 4.21 Å². The summed E-state index contributed by atoms with van der Waals surface area (Å²) < 4.78 is 18.6. The summed E-state index contributed by atoms with van der Waals surface area (Å²) in [4.78, 5) is 2.40. The van der Waals surface area contributed by atoms with E-state index in [4.69, 9.17) is 4.78 Å². The number of hydrogen-bond acceptors (Lipinski definition) is 3. The van der Waals surface area contributed by atoms with Gasteiger partial charge in [-0.1, -0.05) is 0 Å². The van der Waals surface area contributed by atoms with Crippen LogP contribution in [0.25, 0.3) is 0 Å². The Hall–Kier alpha value is -0.0900. The highest BCUT2D eigenvalue weighted by Gasteiger charge is 2.55. The molecule has 0 aliphatic carbocycles. The van der Waals surface area contributed by atoms with E-state index >= 15 is 0 Å². The van der Waals surface area contributed by atoms with Gasteiger partial charge in [-0.15, -0.1) is 0 Å². The highest BCUT2D eigenvalue weighted by Crippen LogP contribution is 2.44. The van der Waals surface area contributed by atoms with Crippen molar-refractivity contribution in [3.63, 3.8) is 0 Å². The molecular weight excluding hydrogens is 184 g/mol. The zero-order valence-electron chi connectivity index (χ0n) is 8.59. The van der Waals surface area contributed by atoms with Crippen LogP contribution >= 0.6 is 0 Å². The summed E-state index contributed by atoms with van der Waals surface area (Å²) in [6.45, 7) is 8.71. The minimum absolute atomic E-state index is 0.240. The van der Waals surface area contributed by atoms with Gasteiger partial charge in [0, 0.05) is 45.3 Å². The van der Waals surface area contributed by atoms with E-state index in [0.717, 1.165) is 13.1 Å². The molecule has 2 aliphatic heterocycles. The molecule has 0 amide bonds. The monoisotopic (exact) mass is 202 g/mol. The number of rotatable bonds is 0. The molecule has 0 aromatic carbocycles. The summed E-state index contributed by atoms with van der Waals surface area (Å²) in [5.41, 5.74) is 0.510. The van der Waals surface area contributed by atoms with Crippen LogP contribution in [0.3, 0.4) is 0 Å². The number of nitrogens with zero attached hydrogens (tertiary/aromatic N) is 1. The highest BCUT2D eigenvalue weighted by atomic mass is 32.2. The van der Waals surface area contributed by atoms with E-state index in [2.05, 4.69) is 25.7 Å². The quantitative estimate of drug-likeness (QED) is 0.640. The molecule has 2 fully saturated rings. The molecule has 0 bridgehead atoms. The number of likely N-dealkylation sites (tertiary alicyclic amines) is 1. The molecule has 0 saturated carbocycles. The topological polar surface area (TPSA) is 44.2 Å². The third-order valence-electron chi connectivity index (χ3n) is 3.08.